The molecule has 3 aromatic rings. The molecule has 0 bridgehead atoms. The molecular weight excluding hydrogens is 288 g/mol. The van der Waals surface area contributed by atoms with Gasteiger partial charge in [-0.05, 0) is 56.7 Å². The molecule has 0 aliphatic heterocycles. The molecule has 0 saturated carbocycles. The fourth-order valence-corrected chi connectivity index (χ4v) is 2.59. The number of ether oxygens (including phenoxy) is 1. The molecule has 0 fully saturated rings. The standard InChI is InChI=1S/C19H20N2O2/c1-12(2)23-15-10-8-14(9-11-15)20-19(22)18-13(3)16-6-4-5-7-17(16)21-18/h4-12,21H,1-3H3,(H,20,22). The Morgan fingerprint density at radius 1 is 1.09 bits per heavy atom. The summed E-state index contributed by atoms with van der Waals surface area (Å²) >= 11 is 0. The second kappa shape index (κ2) is 6.16. The monoisotopic (exact) mass is 308 g/mol. The van der Waals surface area contributed by atoms with Gasteiger partial charge in [-0.1, -0.05) is 18.2 Å². The number of amides is 1. The third-order valence-electron chi connectivity index (χ3n) is 3.68. The Bertz CT molecular complexity index is 832. The molecule has 1 heterocycles. The fourth-order valence-electron chi connectivity index (χ4n) is 2.59. The lowest BCUT2D eigenvalue weighted by Crippen LogP contribution is -2.13. The lowest BCUT2D eigenvalue weighted by atomic mass is 10.1. The van der Waals surface area contributed by atoms with E-state index in [-0.39, 0.29) is 12.0 Å². The van der Waals surface area contributed by atoms with Gasteiger partial charge < -0.3 is 15.0 Å². The molecule has 0 unspecified atom stereocenters. The van der Waals surface area contributed by atoms with E-state index in [1.165, 1.54) is 0 Å². The number of aryl methyl sites for hydroxylation is 1. The number of rotatable bonds is 4. The molecule has 0 spiro atoms. The van der Waals surface area contributed by atoms with Crippen LogP contribution in [0.5, 0.6) is 5.75 Å². The Morgan fingerprint density at radius 2 is 1.78 bits per heavy atom. The molecule has 118 valence electrons. The Balaban J connectivity index is 1.79. The molecule has 4 heteroatoms. The van der Waals surface area contributed by atoms with Gasteiger partial charge in [0.1, 0.15) is 11.4 Å². The predicted molar refractivity (Wildman–Crippen MR) is 93.2 cm³/mol. The molecule has 0 radical (unpaired) electrons. The van der Waals surface area contributed by atoms with Crippen molar-refractivity contribution in [1.29, 1.82) is 0 Å². The number of para-hydroxylation sites is 1. The number of carbonyl (C=O) groups is 1. The van der Waals surface area contributed by atoms with E-state index in [0.29, 0.717) is 5.69 Å². The molecule has 1 amide bonds. The van der Waals surface area contributed by atoms with Crippen molar-refractivity contribution in [2.24, 2.45) is 0 Å². The number of aromatic nitrogens is 1. The van der Waals surface area contributed by atoms with Crippen LogP contribution in [0.2, 0.25) is 0 Å². The largest absolute Gasteiger partial charge is 0.491 e. The highest BCUT2D eigenvalue weighted by Gasteiger charge is 2.14. The van der Waals surface area contributed by atoms with Crippen LogP contribution in [0.3, 0.4) is 0 Å². The topological polar surface area (TPSA) is 54.1 Å². The maximum Gasteiger partial charge on any atom is 0.272 e. The zero-order valence-electron chi connectivity index (χ0n) is 13.5. The highest BCUT2D eigenvalue weighted by Crippen LogP contribution is 2.23. The van der Waals surface area contributed by atoms with Crippen molar-refractivity contribution < 1.29 is 9.53 Å². The Kier molecular flexibility index (Phi) is 4.06. The first-order valence-electron chi connectivity index (χ1n) is 7.70. The average molecular weight is 308 g/mol. The minimum absolute atomic E-state index is 0.129. The summed E-state index contributed by atoms with van der Waals surface area (Å²) in [5.41, 5.74) is 3.26. The first-order valence-corrected chi connectivity index (χ1v) is 7.70. The maximum absolute atomic E-state index is 12.5. The van der Waals surface area contributed by atoms with Crippen molar-refractivity contribution in [1.82, 2.24) is 4.98 Å². The van der Waals surface area contributed by atoms with Crippen molar-refractivity contribution in [3.8, 4) is 5.75 Å². The van der Waals surface area contributed by atoms with Crippen LogP contribution in [0.1, 0.15) is 29.9 Å². The van der Waals surface area contributed by atoms with E-state index in [1.54, 1.807) is 0 Å². The normalized spacial score (nSPS) is 11.0. The molecule has 4 nitrogen and oxygen atoms in total. The molecule has 0 aliphatic rings. The van der Waals surface area contributed by atoms with Gasteiger partial charge in [0.15, 0.2) is 0 Å². The second-order valence-corrected chi connectivity index (χ2v) is 5.82. The third kappa shape index (κ3) is 3.21. The van der Waals surface area contributed by atoms with E-state index in [9.17, 15) is 4.79 Å². The quantitative estimate of drug-likeness (QED) is 0.744. The van der Waals surface area contributed by atoms with Crippen molar-refractivity contribution in [2.45, 2.75) is 26.9 Å². The van der Waals surface area contributed by atoms with Crippen LogP contribution in [0.25, 0.3) is 10.9 Å². The summed E-state index contributed by atoms with van der Waals surface area (Å²) in [5, 5.41) is 3.98. The van der Waals surface area contributed by atoms with Gasteiger partial charge in [-0.2, -0.15) is 0 Å². The van der Waals surface area contributed by atoms with Crippen molar-refractivity contribution in [3.05, 3.63) is 59.8 Å². The Labute approximate surface area is 135 Å². The van der Waals surface area contributed by atoms with Gasteiger partial charge in [-0.25, -0.2) is 0 Å². The lowest BCUT2D eigenvalue weighted by Gasteiger charge is -2.10. The number of benzene rings is 2. The molecule has 3 rings (SSSR count). The van der Waals surface area contributed by atoms with Crippen LogP contribution in [0, 0.1) is 6.92 Å². The number of hydrogen-bond acceptors (Lipinski definition) is 2. The van der Waals surface area contributed by atoms with Gasteiger partial charge in [-0.3, -0.25) is 4.79 Å². The molecule has 1 aromatic heterocycles. The first kappa shape index (κ1) is 15.2. The summed E-state index contributed by atoms with van der Waals surface area (Å²) < 4.78 is 5.60. The summed E-state index contributed by atoms with van der Waals surface area (Å²) in [5.74, 6) is 0.649. The van der Waals surface area contributed by atoms with Crippen LogP contribution in [0.4, 0.5) is 5.69 Å². The highest BCUT2D eigenvalue weighted by atomic mass is 16.5. The number of carbonyl (C=O) groups excluding carboxylic acids is 1. The van der Waals surface area contributed by atoms with Gasteiger partial charge in [0, 0.05) is 16.6 Å². The van der Waals surface area contributed by atoms with E-state index in [1.807, 2.05) is 69.3 Å². The zero-order chi connectivity index (χ0) is 16.4. The second-order valence-electron chi connectivity index (χ2n) is 5.82. The van der Waals surface area contributed by atoms with Gasteiger partial charge in [0.05, 0.1) is 6.10 Å². The zero-order valence-corrected chi connectivity index (χ0v) is 13.5. The molecule has 0 saturated heterocycles. The average Bonchev–Trinajstić information content (AvgIpc) is 2.86. The van der Waals surface area contributed by atoms with Crippen molar-refractivity contribution in [3.63, 3.8) is 0 Å². The van der Waals surface area contributed by atoms with E-state index >= 15 is 0 Å². The molecule has 2 N–H and O–H groups in total. The van der Waals surface area contributed by atoms with Gasteiger partial charge in [0.2, 0.25) is 0 Å². The van der Waals surface area contributed by atoms with E-state index in [0.717, 1.165) is 27.9 Å². The van der Waals surface area contributed by atoms with Gasteiger partial charge in [0.25, 0.3) is 5.91 Å². The maximum atomic E-state index is 12.5. The SMILES string of the molecule is Cc1c(C(=O)Nc2ccc(OC(C)C)cc2)[nH]c2ccccc12. The number of fused-ring (bicyclic) bond motifs is 1. The van der Waals surface area contributed by atoms with Crippen LogP contribution in [-0.2, 0) is 0 Å². The number of nitrogens with one attached hydrogen (secondary N) is 2. The summed E-state index contributed by atoms with van der Waals surface area (Å²) in [6.45, 7) is 5.91. The summed E-state index contributed by atoms with van der Waals surface area (Å²) in [4.78, 5) is 15.7. The van der Waals surface area contributed by atoms with Crippen molar-refractivity contribution in [2.75, 3.05) is 5.32 Å². The summed E-state index contributed by atoms with van der Waals surface area (Å²) in [6, 6.07) is 15.3. The molecule has 0 atom stereocenters. The number of anilines is 1. The van der Waals surface area contributed by atoms with Crippen LogP contribution < -0.4 is 10.1 Å². The van der Waals surface area contributed by atoms with Gasteiger partial charge >= 0.3 is 0 Å². The minimum atomic E-state index is -0.142. The van der Waals surface area contributed by atoms with Crippen molar-refractivity contribution >= 4 is 22.5 Å². The number of aromatic amines is 1. The van der Waals surface area contributed by atoms with Crippen LogP contribution in [0.15, 0.2) is 48.5 Å². The molecular formula is C19H20N2O2. The molecule has 23 heavy (non-hydrogen) atoms. The molecule has 2 aromatic carbocycles. The molecule has 0 aliphatic carbocycles. The lowest BCUT2D eigenvalue weighted by molar-refractivity contribution is 0.102. The highest BCUT2D eigenvalue weighted by molar-refractivity contribution is 6.07. The Morgan fingerprint density at radius 3 is 2.43 bits per heavy atom. The van der Waals surface area contributed by atoms with Gasteiger partial charge in [-0.15, -0.1) is 0 Å². The van der Waals surface area contributed by atoms with Crippen LogP contribution >= 0.6 is 0 Å². The summed E-state index contributed by atoms with van der Waals surface area (Å²) in [6.07, 6.45) is 0.129. The number of hydrogen-bond donors (Lipinski definition) is 2. The first-order chi connectivity index (χ1) is 11.0. The minimum Gasteiger partial charge on any atom is -0.491 e. The van der Waals surface area contributed by atoms with Crippen LogP contribution in [-0.4, -0.2) is 17.0 Å². The number of H-pyrrole nitrogens is 1. The smallest absolute Gasteiger partial charge is 0.272 e. The Hall–Kier alpha value is -2.75. The summed E-state index contributed by atoms with van der Waals surface area (Å²) in [7, 11) is 0. The predicted octanol–water partition coefficient (Wildman–Crippen LogP) is 4.52. The fraction of sp³-hybridized carbons (Fsp3) is 0.211. The third-order valence-corrected chi connectivity index (χ3v) is 3.68. The van der Waals surface area contributed by atoms with E-state index in [4.69, 9.17) is 4.74 Å². The van der Waals surface area contributed by atoms with E-state index in [2.05, 4.69) is 10.3 Å². The van der Waals surface area contributed by atoms with E-state index < -0.39 is 0 Å².